The zero-order valence-corrected chi connectivity index (χ0v) is 12.4. The normalized spacial score (nSPS) is 11.3. The molecule has 0 radical (unpaired) electrons. The number of hydrogen-bond acceptors (Lipinski definition) is 5. The van der Waals surface area contributed by atoms with Crippen molar-refractivity contribution in [3.63, 3.8) is 0 Å². The first-order chi connectivity index (χ1) is 11.9. The van der Waals surface area contributed by atoms with Crippen molar-refractivity contribution in [2.24, 2.45) is 0 Å². The van der Waals surface area contributed by atoms with Gasteiger partial charge >= 0.3 is 0 Å². The maximum absolute atomic E-state index is 4.60. The number of aromatic nitrogens is 7. The summed E-state index contributed by atoms with van der Waals surface area (Å²) in [6.07, 6.45) is 8.79. The molecule has 0 aliphatic rings. The van der Waals surface area contributed by atoms with Gasteiger partial charge in [-0.15, -0.1) is 0 Å². The molecular weight excluding hydrogens is 302 g/mol. The number of hydrogen-bond donors (Lipinski definition) is 2. The zero-order chi connectivity index (χ0) is 15.9. The van der Waals surface area contributed by atoms with E-state index in [1.165, 1.54) is 0 Å². The molecule has 7 nitrogen and oxygen atoms in total. The van der Waals surface area contributed by atoms with Crippen molar-refractivity contribution >= 4 is 21.9 Å². The first-order valence-electron chi connectivity index (χ1n) is 7.43. The fourth-order valence-corrected chi connectivity index (χ4v) is 2.74. The summed E-state index contributed by atoms with van der Waals surface area (Å²) in [5, 5.41) is 8.36. The number of imidazole rings is 1. The Balaban J connectivity index is 1.71. The summed E-state index contributed by atoms with van der Waals surface area (Å²) >= 11 is 0. The van der Waals surface area contributed by atoms with E-state index in [2.05, 4.69) is 35.1 Å². The molecule has 114 valence electrons. The SMILES string of the molecule is c1cncc(-c2cc3c(-c4nc5ccncc5[nH]4)n[nH]c3cn2)c1. The Morgan fingerprint density at radius 2 is 1.88 bits per heavy atom. The summed E-state index contributed by atoms with van der Waals surface area (Å²) < 4.78 is 0. The van der Waals surface area contributed by atoms with Crippen molar-refractivity contribution < 1.29 is 0 Å². The van der Waals surface area contributed by atoms with Gasteiger partial charge in [-0.3, -0.25) is 20.1 Å². The van der Waals surface area contributed by atoms with E-state index in [9.17, 15) is 0 Å². The van der Waals surface area contributed by atoms with E-state index in [1.54, 1.807) is 31.0 Å². The van der Waals surface area contributed by atoms with E-state index in [-0.39, 0.29) is 0 Å². The molecule has 5 heterocycles. The highest BCUT2D eigenvalue weighted by Gasteiger charge is 2.14. The molecule has 0 saturated carbocycles. The van der Waals surface area contributed by atoms with Crippen LogP contribution in [-0.2, 0) is 0 Å². The summed E-state index contributed by atoms with van der Waals surface area (Å²) in [5.74, 6) is 0.701. The van der Waals surface area contributed by atoms with Crippen LogP contribution in [0.2, 0.25) is 0 Å². The molecule has 0 fully saturated rings. The molecule has 24 heavy (non-hydrogen) atoms. The molecule has 5 rings (SSSR count). The lowest BCUT2D eigenvalue weighted by Crippen LogP contribution is -1.85. The first kappa shape index (κ1) is 12.9. The van der Waals surface area contributed by atoms with Crippen LogP contribution in [0, 0.1) is 0 Å². The topological polar surface area (TPSA) is 96.0 Å². The number of rotatable bonds is 2. The molecule has 0 amide bonds. The fourth-order valence-electron chi connectivity index (χ4n) is 2.74. The summed E-state index contributed by atoms with van der Waals surface area (Å²) in [6, 6.07) is 7.74. The van der Waals surface area contributed by atoms with Crippen molar-refractivity contribution in [3.05, 3.63) is 55.2 Å². The highest BCUT2D eigenvalue weighted by Crippen LogP contribution is 2.28. The minimum atomic E-state index is 0.701. The average molecular weight is 313 g/mol. The van der Waals surface area contributed by atoms with Crippen LogP contribution in [-0.4, -0.2) is 35.1 Å². The van der Waals surface area contributed by atoms with E-state index >= 15 is 0 Å². The minimum Gasteiger partial charge on any atom is -0.335 e. The van der Waals surface area contributed by atoms with Crippen molar-refractivity contribution in [1.29, 1.82) is 0 Å². The third-order valence-corrected chi connectivity index (χ3v) is 3.91. The Bertz CT molecular complexity index is 1120. The van der Waals surface area contributed by atoms with Gasteiger partial charge < -0.3 is 4.98 Å². The monoisotopic (exact) mass is 313 g/mol. The maximum atomic E-state index is 4.60. The van der Waals surface area contributed by atoms with Crippen LogP contribution in [0.15, 0.2) is 55.2 Å². The van der Waals surface area contributed by atoms with Gasteiger partial charge in [0.05, 0.1) is 34.6 Å². The molecule has 0 aliphatic carbocycles. The van der Waals surface area contributed by atoms with Gasteiger partial charge in [-0.1, -0.05) is 0 Å². The first-order valence-corrected chi connectivity index (χ1v) is 7.43. The molecule has 0 spiro atoms. The van der Waals surface area contributed by atoms with Crippen LogP contribution in [0.3, 0.4) is 0 Å². The van der Waals surface area contributed by atoms with Crippen molar-refractivity contribution in [2.45, 2.75) is 0 Å². The van der Waals surface area contributed by atoms with Crippen LogP contribution in [0.4, 0.5) is 0 Å². The highest BCUT2D eigenvalue weighted by molar-refractivity contribution is 5.94. The third kappa shape index (κ3) is 1.95. The number of fused-ring (bicyclic) bond motifs is 2. The molecule has 0 aliphatic heterocycles. The van der Waals surface area contributed by atoms with Crippen molar-refractivity contribution in [2.75, 3.05) is 0 Å². The summed E-state index contributed by atoms with van der Waals surface area (Å²) in [7, 11) is 0. The number of nitrogens with one attached hydrogen (secondary N) is 2. The van der Waals surface area contributed by atoms with Crippen LogP contribution in [0.5, 0.6) is 0 Å². The number of aromatic amines is 2. The highest BCUT2D eigenvalue weighted by atomic mass is 15.1. The average Bonchev–Trinajstić information content (AvgIpc) is 3.25. The van der Waals surface area contributed by atoms with Gasteiger partial charge in [-0.25, -0.2) is 4.98 Å². The second-order valence-corrected chi connectivity index (χ2v) is 5.41. The molecule has 0 atom stereocenters. The van der Waals surface area contributed by atoms with Crippen molar-refractivity contribution in [3.8, 4) is 22.8 Å². The van der Waals surface area contributed by atoms with Crippen molar-refractivity contribution in [1.82, 2.24) is 35.1 Å². The third-order valence-electron chi connectivity index (χ3n) is 3.91. The lowest BCUT2D eigenvalue weighted by atomic mass is 10.1. The molecule has 7 heteroatoms. The molecule has 0 saturated heterocycles. The Morgan fingerprint density at radius 1 is 0.917 bits per heavy atom. The smallest absolute Gasteiger partial charge is 0.159 e. The Hall–Kier alpha value is -3.61. The summed E-state index contributed by atoms with van der Waals surface area (Å²) in [4.78, 5) is 20.6. The van der Waals surface area contributed by atoms with Crippen LogP contribution < -0.4 is 0 Å². The van der Waals surface area contributed by atoms with Gasteiger partial charge in [0.2, 0.25) is 0 Å². The number of H-pyrrole nitrogens is 2. The van der Waals surface area contributed by atoms with E-state index in [0.29, 0.717) is 5.82 Å². The second-order valence-electron chi connectivity index (χ2n) is 5.41. The Kier molecular flexibility index (Phi) is 2.66. The molecule has 2 N–H and O–H groups in total. The molecule has 5 aromatic heterocycles. The van der Waals surface area contributed by atoms with E-state index in [4.69, 9.17) is 0 Å². The zero-order valence-electron chi connectivity index (χ0n) is 12.4. The van der Waals surface area contributed by atoms with Gasteiger partial charge in [-0.05, 0) is 24.3 Å². The van der Waals surface area contributed by atoms with Gasteiger partial charge in [0.1, 0.15) is 5.69 Å². The fraction of sp³-hybridized carbons (Fsp3) is 0. The number of nitrogens with zero attached hydrogens (tertiary/aromatic N) is 5. The lowest BCUT2D eigenvalue weighted by molar-refractivity contribution is 1.10. The molecular formula is C17H11N7. The van der Waals surface area contributed by atoms with E-state index in [0.717, 1.165) is 38.9 Å². The van der Waals surface area contributed by atoms with E-state index < -0.39 is 0 Å². The summed E-state index contributed by atoms with van der Waals surface area (Å²) in [5.41, 5.74) is 5.16. The molecule has 0 bridgehead atoms. The van der Waals surface area contributed by atoms with Gasteiger partial charge in [0.25, 0.3) is 0 Å². The number of pyridine rings is 3. The van der Waals surface area contributed by atoms with E-state index in [1.807, 2.05) is 24.3 Å². The van der Waals surface area contributed by atoms with Crippen LogP contribution >= 0.6 is 0 Å². The summed E-state index contributed by atoms with van der Waals surface area (Å²) in [6.45, 7) is 0. The second kappa shape index (κ2) is 4.95. The Labute approximate surface area is 135 Å². The van der Waals surface area contributed by atoms with Crippen LogP contribution in [0.1, 0.15) is 0 Å². The molecule has 0 unspecified atom stereocenters. The lowest BCUT2D eigenvalue weighted by Gasteiger charge is -2.00. The standard InChI is InChI=1S/C17H11N7/c1-2-10(7-18-4-1)13-6-11-14(9-20-13)23-24-16(11)17-21-12-3-5-19-8-15(12)22-17/h1-9H,(H,21,22)(H,23,24). The van der Waals surface area contributed by atoms with Gasteiger partial charge in [0, 0.05) is 29.5 Å². The van der Waals surface area contributed by atoms with Gasteiger partial charge in [0.15, 0.2) is 5.82 Å². The quantitative estimate of drug-likeness (QED) is 0.522. The predicted molar refractivity (Wildman–Crippen MR) is 90.0 cm³/mol. The maximum Gasteiger partial charge on any atom is 0.159 e. The predicted octanol–water partition coefficient (Wildman–Crippen LogP) is 2.96. The van der Waals surface area contributed by atoms with Crippen LogP contribution in [0.25, 0.3) is 44.7 Å². The minimum absolute atomic E-state index is 0.701. The van der Waals surface area contributed by atoms with Gasteiger partial charge in [-0.2, -0.15) is 5.10 Å². The Morgan fingerprint density at radius 3 is 2.75 bits per heavy atom. The molecule has 5 aromatic rings. The molecule has 0 aromatic carbocycles. The largest absolute Gasteiger partial charge is 0.335 e.